The molecule has 0 fully saturated rings. The van der Waals surface area contributed by atoms with Crippen molar-refractivity contribution in [3.05, 3.63) is 26.6 Å². The highest BCUT2D eigenvalue weighted by atomic mass is 127. The fourth-order valence-electron chi connectivity index (χ4n) is 1.15. The zero-order valence-electron chi connectivity index (χ0n) is 7.37. The minimum Gasteiger partial charge on any atom is -0.260 e. The van der Waals surface area contributed by atoms with Crippen LogP contribution in [0.25, 0.3) is 0 Å². The lowest BCUT2D eigenvalue weighted by molar-refractivity contribution is -0.140. The first kappa shape index (κ1) is 12.6. The minimum absolute atomic E-state index is 0.294. The molecular weight excluding hydrogens is 332 g/mol. The molecule has 0 unspecified atom stereocenters. The number of aryl methyl sites for hydroxylation is 1. The molecule has 1 aromatic rings. The number of pyridine rings is 1. The first-order valence-corrected chi connectivity index (χ1v) is 4.83. The average molecular weight is 337 g/mol. The van der Waals surface area contributed by atoms with Crippen LogP contribution in [0.1, 0.15) is 23.2 Å². The lowest BCUT2D eigenvalue weighted by Gasteiger charge is -2.15. The quantitative estimate of drug-likeness (QED) is 0.559. The van der Waals surface area contributed by atoms with Crippen LogP contribution >= 0.6 is 22.6 Å². The monoisotopic (exact) mass is 337 g/mol. The Morgan fingerprint density at radius 1 is 1.33 bits per heavy atom. The van der Waals surface area contributed by atoms with E-state index < -0.39 is 23.7 Å². The third kappa shape index (κ3) is 2.56. The average Bonchev–Trinajstić information content (AvgIpc) is 2.05. The topological polar surface area (TPSA) is 12.9 Å². The SMILES string of the molecule is Cc1ncc(I)c(C(F)(F)F)c1C(F)F. The highest BCUT2D eigenvalue weighted by Crippen LogP contribution is 2.39. The Bertz CT molecular complexity index is 374. The summed E-state index contributed by atoms with van der Waals surface area (Å²) in [6.45, 7) is 1.13. The van der Waals surface area contributed by atoms with Gasteiger partial charge in [-0.25, -0.2) is 8.78 Å². The van der Waals surface area contributed by atoms with Gasteiger partial charge >= 0.3 is 6.18 Å². The van der Waals surface area contributed by atoms with Crippen LogP contribution in [-0.4, -0.2) is 4.98 Å². The summed E-state index contributed by atoms with van der Waals surface area (Å²) in [5, 5.41) is 0. The van der Waals surface area contributed by atoms with E-state index in [1.54, 1.807) is 0 Å². The molecule has 0 aliphatic heterocycles. The van der Waals surface area contributed by atoms with Gasteiger partial charge in [-0.2, -0.15) is 13.2 Å². The Kier molecular flexibility index (Phi) is 3.51. The van der Waals surface area contributed by atoms with Crippen LogP contribution in [0, 0.1) is 10.5 Å². The fraction of sp³-hybridized carbons (Fsp3) is 0.375. The van der Waals surface area contributed by atoms with Crippen molar-refractivity contribution >= 4 is 22.6 Å². The zero-order chi connectivity index (χ0) is 11.8. The number of nitrogens with zero attached hydrogens (tertiary/aromatic N) is 1. The second kappa shape index (κ2) is 4.18. The molecule has 0 bridgehead atoms. The number of hydrogen-bond donors (Lipinski definition) is 0. The Morgan fingerprint density at radius 2 is 1.87 bits per heavy atom. The fourth-order valence-corrected chi connectivity index (χ4v) is 1.89. The molecule has 1 rings (SSSR count). The van der Waals surface area contributed by atoms with Crippen LogP contribution < -0.4 is 0 Å². The molecule has 0 aromatic carbocycles. The highest BCUT2D eigenvalue weighted by Gasteiger charge is 2.39. The van der Waals surface area contributed by atoms with E-state index in [0.717, 1.165) is 13.1 Å². The summed E-state index contributed by atoms with van der Waals surface area (Å²) in [5.41, 5.74) is -2.61. The molecule has 0 N–H and O–H groups in total. The van der Waals surface area contributed by atoms with Crippen molar-refractivity contribution < 1.29 is 22.0 Å². The molecule has 7 heteroatoms. The van der Waals surface area contributed by atoms with Crippen molar-refractivity contribution in [3.8, 4) is 0 Å². The van der Waals surface area contributed by atoms with Gasteiger partial charge in [0.05, 0.1) is 11.1 Å². The first-order chi connectivity index (χ1) is 6.75. The molecule has 0 aliphatic rings. The van der Waals surface area contributed by atoms with E-state index in [9.17, 15) is 22.0 Å². The van der Waals surface area contributed by atoms with Crippen molar-refractivity contribution in [1.29, 1.82) is 0 Å². The molecule has 1 heterocycles. The smallest absolute Gasteiger partial charge is 0.260 e. The number of halogens is 6. The molecule has 0 amide bonds. The molecule has 84 valence electrons. The van der Waals surface area contributed by atoms with E-state index in [4.69, 9.17) is 0 Å². The van der Waals surface area contributed by atoms with Crippen LogP contribution in [0.5, 0.6) is 0 Å². The van der Waals surface area contributed by atoms with E-state index in [1.807, 2.05) is 0 Å². The molecule has 0 atom stereocenters. The van der Waals surface area contributed by atoms with Crippen molar-refractivity contribution in [2.75, 3.05) is 0 Å². The maximum atomic E-state index is 12.5. The number of alkyl halides is 5. The number of aromatic nitrogens is 1. The van der Waals surface area contributed by atoms with Gasteiger partial charge in [0.25, 0.3) is 6.43 Å². The van der Waals surface area contributed by atoms with E-state index in [0.29, 0.717) is 0 Å². The third-order valence-electron chi connectivity index (χ3n) is 1.77. The Hall–Kier alpha value is -0.470. The normalized spacial score (nSPS) is 12.3. The Morgan fingerprint density at radius 3 is 2.20 bits per heavy atom. The summed E-state index contributed by atoms with van der Waals surface area (Å²) in [4.78, 5) is 3.49. The molecule has 0 spiro atoms. The first-order valence-electron chi connectivity index (χ1n) is 3.75. The molecule has 0 saturated carbocycles. The summed E-state index contributed by atoms with van der Waals surface area (Å²) in [7, 11) is 0. The molecule has 0 aliphatic carbocycles. The predicted octanol–water partition coefficient (Wildman–Crippen LogP) is 3.95. The summed E-state index contributed by atoms with van der Waals surface area (Å²) in [6, 6.07) is 0. The molecule has 0 radical (unpaired) electrons. The second-order valence-electron chi connectivity index (χ2n) is 2.78. The molecule has 1 aromatic heterocycles. The number of rotatable bonds is 1. The van der Waals surface area contributed by atoms with Crippen molar-refractivity contribution in [2.45, 2.75) is 19.5 Å². The van der Waals surface area contributed by atoms with E-state index >= 15 is 0 Å². The van der Waals surface area contributed by atoms with Gasteiger partial charge in [-0.3, -0.25) is 4.98 Å². The predicted molar refractivity (Wildman–Crippen MR) is 51.6 cm³/mol. The molecule has 0 saturated heterocycles. The van der Waals surface area contributed by atoms with Crippen molar-refractivity contribution in [3.63, 3.8) is 0 Å². The van der Waals surface area contributed by atoms with Gasteiger partial charge in [-0.1, -0.05) is 0 Å². The van der Waals surface area contributed by atoms with E-state index in [1.165, 1.54) is 22.6 Å². The van der Waals surface area contributed by atoms with Crippen LogP contribution in [0.3, 0.4) is 0 Å². The van der Waals surface area contributed by atoms with Crippen LogP contribution in [0.15, 0.2) is 6.20 Å². The van der Waals surface area contributed by atoms with Gasteiger partial charge in [0.15, 0.2) is 0 Å². The molecule has 15 heavy (non-hydrogen) atoms. The Labute approximate surface area is 95.8 Å². The number of hydrogen-bond acceptors (Lipinski definition) is 1. The van der Waals surface area contributed by atoms with Gasteiger partial charge in [0.2, 0.25) is 0 Å². The standard InChI is InChI=1S/C8H5F5IN/c1-3-5(7(9)10)6(8(11,12)13)4(14)2-15-3/h2,7H,1H3. The maximum absolute atomic E-state index is 12.5. The maximum Gasteiger partial charge on any atom is 0.418 e. The summed E-state index contributed by atoms with van der Waals surface area (Å²) in [6.07, 6.45) is -7.02. The largest absolute Gasteiger partial charge is 0.418 e. The molecule has 1 nitrogen and oxygen atoms in total. The van der Waals surface area contributed by atoms with Gasteiger partial charge in [0, 0.05) is 15.5 Å². The third-order valence-corrected chi connectivity index (χ3v) is 2.59. The van der Waals surface area contributed by atoms with Crippen LogP contribution in [0.2, 0.25) is 0 Å². The lowest BCUT2D eigenvalue weighted by Crippen LogP contribution is -2.14. The van der Waals surface area contributed by atoms with Crippen molar-refractivity contribution in [1.82, 2.24) is 4.98 Å². The lowest BCUT2D eigenvalue weighted by atomic mass is 10.1. The highest BCUT2D eigenvalue weighted by molar-refractivity contribution is 14.1. The summed E-state index contributed by atoms with van der Waals surface area (Å²) < 4.78 is 62.0. The molecular formula is C8H5F5IN. The minimum atomic E-state index is -4.78. The van der Waals surface area contributed by atoms with E-state index in [2.05, 4.69) is 4.98 Å². The van der Waals surface area contributed by atoms with Gasteiger partial charge in [-0.05, 0) is 29.5 Å². The Balaban J connectivity index is 3.53. The summed E-state index contributed by atoms with van der Waals surface area (Å²) in [5.74, 6) is 0. The summed E-state index contributed by atoms with van der Waals surface area (Å²) >= 11 is 1.35. The van der Waals surface area contributed by atoms with Crippen molar-refractivity contribution in [2.24, 2.45) is 0 Å². The van der Waals surface area contributed by atoms with Crippen LogP contribution in [-0.2, 0) is 6.18 Å². The van der Waals surface area contributed by atoms with Crippen LogP contribution in [0.4, 0.5) is 22.0 Å². The van der Waals surface area contributed by atoms with Gasteiger partial charge in [0.1, 0.15) is 0 Å². The van der Waals surface area contributed by atoms with E-state index in [-0.39, 0.29) is 9.26 Å². The zero-order valence-corrected chi connectivity index (χ0v) is 9.53. The second-order valence-corrected chi connectivity index (χ2v) is 3.94. The van der Waals surface area contributed by atoms with Gasteiger partial charge < -0.3 is 0 Å². The van der Waals surface area contributed by atoms with Gasteiger partial charge in [-0.15, -0.1) is 0 Å².